The highest BCUT2D eigenvalue weighted by molar-refractivity contribution is 5.93. The molecule has 1 aliphatic heterocycles. The Labute approximate surface area is 152 Å². The third-order valence-corrected chi connectivity index (χ3v) is 4.71. The molecule has 2 aromatic heterocycles. The van der Waals surface area contributed by atoms with Crippen LogP contribution in [0.3, 0.4) is 0 Å². The number of nitrogens with zero attached hydrogens (tertiary/aromatic N) is 3. The Bertz CT molecular complexity index is 834. The number of furan rings is 1. The maximum atomic E-state index is 12.6. The zero-order chi connectivity index (χ0) is 17.8. The Kier molecular flexibility index (Phi) is 4.84. The van der Waals surface area contributed by atoms with Crippen LogP contribution in [0, 0.1) is 0 Å². The van der Waals surface area contributed by atoms with Gasteiger partial charge in [-0.05, 0) is 24.1 Å². The van der Waals surface area contributed by atoms with Crippen LogP contribution in [-0.4, -0.2) is 53.6 Å². The topological polar surface area (TPSA) is 62.7 Å². The van der Waals surface area contributed by atoms with E-state index < -0.39 is 0 Å². The van der Waals surface area contributed by atoms with Gasteiger partial charge in [0.25, 0.3) is 5.91 Å². The number of hydrogen-bond acceptors (Lipinski definition) is 5. The van der Waals surface area contributed by atoms with E-state index in [9.17, 15) is 4.79 Å². The molecule has 4 rings (SSSR count). The number of benzene rings is 1. The van der Waals surface area contributed by atoms with Gasteiger partial charge in [0.2, 0.25) is 5.76 Å². The lowest BCUT2D eigenvalue weighted by Crippen LogP contribution is -2.49. The van der Waals surface area contributed by atoms with Crippen LogP contribution >= 0.6 is 0 Å². The summed E-state index contributed by atoms with van der Waals surface area (Å²) in [7, 11) is 0. The van der Waals surface area contributed by atoms with E-state index in [4.69, 9.17) is 8.94 Å². The van der Waals surface area contributed by atoms with Crippen LogP contribution in [0.2, 0.25) is 0 Å². The van der Waals surface area contributed by atoms with Gasteiger partial charge in [0.05, 0.1) is 6.26 Å². The highest BCUT2D eigenvalue weighted by Crippen LogP contribution is 2.21. The number of carbonyl (C=O) groups is 1. The molecule has 134 valence electrons. The zero-order valence-corrected chi connectivity index (χ0v) is 14.5. The van der Waals surface area contributed by atoms with Gasteiger partial charge in [-0.15, -0.1) is 0 Å². The summed E-state index contributed by atoms with van der Waals surface area (Å²) in [5.41, 5.74) is 1.67. The van der Waals surface area contributed by atoms with Crippen molar-refractivity contribution in [3.8, 4) is 11.5 Å². The van der Waals surface area contributed by atoms with Crippen molar-refractivity contribution in [3.63, 3.8) is 0 Å². The van der Waals surface area contributed by atoms with Gasteiger partial charge < -0.3 is 13.8 Å². The average Bonchev–Trinajstić information content (AvgIpc) is 3.38. The van der Waals surface area contributed by atoms with E-state index in [1.54, 1.807) is 24.5 Å². The van der Waals surface area contributed by atoms with Crippen LogP contribution in [0.5, 0.6) is 0 Å². The Morgan fingerprint density at radius 1 is 1.00 bits per heavy atom. The molecule has 1 amide bonds. The molecule has 1 aliphatic rings. The molecule has 0 atom stereocenters. The maximum Gasteiger partial charge on any atom is 0.276 e. The number of hydrogen-bond donors (Lipinski definition) is 0. The lowest BCUT2D eigenvalue weighted by molar-refractivity contribution is 0.0628. The molecule has 0 N–H and O–H groups in total. The number of piperazine rings is 1. The van der Waals surface area contributed by atoms with Crippen LogP contribution < -0.4 is 0 Å². The minimum Gasteiger partial charge on any atom is -0.461 e. The van der Waals surface area contributed by atoms with E-state index in [0.29, 0.717) is 30.3 Å². The fraction of sp³-hybridized carbons (Fsp3) is 0.300. The lowest BCUT2D eigenvalue weighted by atomic mass is 10.1. The van der Waals surface area contributed by atoms with E-state index >= 15 is 0 Å². The van der Waals surface area contributed by atoms with Gasteiger partial charge in [-0.25, -0.2) is 0 Å². The summed E-state index contributed by atoms with van der Waals surface area (Å²) in [6, 6.07) is 15.7. The fourth-order valence-electron chi connectivity index (χ4n) is 3.18. The molecule has 6 nitrogen and oxygen atoms in total. The molecular formula is C20H21N3O3. The summed E-state index contributed by atoms with van der Waals surface area (Å²) < 4.78 is 10.5. The third kappa shape index (κ3) is 3.70. The molecule has 1 aromatic carbocycles. The maximum absolute atomic E-state index is 12.6. The first-order valence-corrected chi connectivity index (χ1v) is 8.86. The predicted octanol–water partition coefficient (Wildman–Crippen LogP) is 2.94. The summed E-state index contributed by atoms with van der Waals surface area (Å²) in [6.45, 7) is 4.18. The summed E-state index contributed by atoms with van der Waals surface area (Å²) in [4.78, 5) is 16.9. The highest BCUT2D eigenvalue weighted by Gasteiger charge is 2.25. The molecular weight excluding hydrogens is 330 g/mol. The number of amides is 1. The van der Waals surface area contributed by atoms with Crippen molar-refractivity contribution in [2.75, 3.05) is 32.7 Å². The molecule has 1 saturated heterocycles. The van der Waals surface area contributed by atoms with Crippen molar-refractivity contribution < 1.29 is 13.7 Å². The van der Waals surface area contributed by atoms with Crippen molar-refractivity contribution in [2.24, 2.45) is 0 Å². The molecule has 0 saturated carbocycles. The molecule has 0 spiro atoms. The van der Waals surface area contributed by atoms with Crippen molar-refractivity contribution in [3.05, 3.63) is 66.1 Å². The molecule has 0 aliphatic carbocycles. The van der Waals surface area contributed by atoms with Gasteiger partial charge >= 0.3 is 0 Å². The largest absolute Gasteiger partial charge is 0.461 e. The van der Waals surface area contributed by atoms with Crippen molar-refractivity contribution in [1.29, 1.82) is 0 Å². The monoisotopic (exact) mass is 351 g/mol. The number of rotatable bonds is 5. The van der Waals surface area contributed by atoms with Crippen LogP contribution in [-0.2, 0) is 6.42 Å². The van der Waals surface area contributed by atoms with E-state index in [1.165, 1.54) is 5.56 Å². The second kappa shape index (κ2) is 7.58. The molecule has 6 heteroatoms. The van der Waals surface area contributed by atoms with Gasteiger partial charge in [0.1, 0.15) is 0 Å². The quantitative estimate of drug-likeness (QED) is 0.707. The molecule has 0 radical (unpaired) electrons. The zero-order valence-electron chi connectivity index (χ0n) is 14.5. The highest BCUT2D eigenvalue weighted by atomic mass is 16.5. The van der Waals surface area contributed by atoms with Gasteiger partial charge in [-0.3, -0.25) is 9.69 Å². The molecule has 3 aromatic rings. The second-order valence-electron chi connectivity index (χ2n) is 6.42. The molecule has 0 unspecified atom stereocenters. The van der Waals surface area contributed by atoms with Crippen LogP contribution in [0.15, 0.2) is 63.7 Å². The Balaban J connectivity index is 1.29. The first-order chi connectivity index (χ1) is 12.8. The van der Waals surface area contributed by atoms with E-state index in [0.717, 1.165) is 26.1 Å². The normalized spacial score (nSPS) is 15.3. The minimum absolute atomic E-state index is 0.0886. The summed E-state index contributed by atoms with van der Waals surface area (Å²) in [5, 5.41) is 3.90. The standard InChI is InChI=1S/C20H21N3O3/c24-20(17-15-19(26-21-17)18-7-4-14-25-18)23-12-10-22(11-13-23)9-8-16-5-2-1-3-6-16/h1-7,14-15H,8-13H2. The lowest BCUT2D eigenvalue weighted by Gasteiger charge is -2.34. The van der Waals surface area contributed by atoms with Gasteiger partial charge in [-0.1, -0.05) is 35.5 Å². The van der Waals surface area contributed by atoms with E-state index in [2.05, 4.69) is 34.3 Å². The van der Waals surface area contributed by atoms with Crippen LogP contribution in [0.4, 0.5) is 0 Å². The Hall–Kier alpha value is -2.86. The predicted molar refractivity (Wildman–Crippen MR) is 96.7 cm³/mol. The van der Waals surface area contributed by atoms with Gasteiger partial charge in [0.15, 0.2) is 11.5 Å². The Morgan fingerprint density at radius 2 is 1.81 bits per heavy atom. The average molecular weight is 351 g/mol. The Morgan fingerprint density at radius 3 is 2.54 bits per heavy atom. The summed E-state index contributed by atoms with van der Waals surface area (Å²) >= 11 is 0. The van der Waals surface area contributed by atoms with E-state index in [-0.39, 0.29) is 5.91 Å². The van der Waals surface area contributed by atoms with Crippen LogP contribution in [0.25, 0.3) is 11.5 Å². The smallest absolute Gasteiger partial charge is 0.276 e. The fourth-order valence-corrected chi connectivity index (χ4v) is 3.18. The van der Waals surface area contributed by atoms with Crippen molar-refractivity contribution in [2.45, 2.75) is 6.42 Å². The van der Waals surface area contributed by atoms with Gasteiger partial charge in [-0.2, -0.15) is 0 Å². The third-order valence-electron chi connectivity index (χ3n) is 4.71. The van der Waals surface area contributed by atoms with Crippen molar-refractivity contribution >= 4 is 5.91 Å². The second-order valence-corrected chi connectivity index (χ2v) is 6.42. The molecule has 26 heavy (non-hydrogen) atoms. The first kappa shape index (κ1) is 16.6. The minimum atomic E-state index is -0.0886. The van der Waals surface area contributed by atoms with Crippen LogP contribution in [0.1, 0.15) is 16.1 Å². The SMILES string of the molecule is O=C(c1cc(-c2ccco2)on1)N1CCN(CCc2ccccc2)CC1. The number of carbonyl (C=O) groups excluding carboxylic acids is 1. The van der Waals surface area contributed by atoms with Crippen molar-refractivity contribution in [1.82, 2.24) is 15.0 Å². The molecule has 1 fully saturated rings. The first-order valence-electron chi connectivity index (χ1n) is 8.86. The number of aromatic nitrogens is 1. The van der Waals surface area contributed by atoms with E-state index in [1.807, 2.05) is 11.0 Å². The summed E-state index contributed by atoms with van der Waals surface area (Å²) in [6.07, 6.45) is 2.60. The summed E-state index contributed by atoms with van der Waals surface area (Å²) in [5.74, 6) is 0.955. The van der Waals surface area contributed by atoms with Gasteiger partial charge in [0, 0.05) is 38.8 Å². The molecule has 0 bridgehead atoms. The molecule has 3 heterocycles.